The van der Waals surface area contributed by atoms with Crippen molar-refractivity contribution >= 4 is 6.29 Å². The summed E-state index contributed by atoms with van der Waals surface area (Å²) in [6.45, 7) is 6.08. The molecule has 0 aromatic rings. The lowest BCUT2D eigenvalue weighted by atomic mass is 10.1. The average Bonchev–Trinajstić information content (AvgIpc) is 2.07. The van der Waals surface area contributed by atoms with E-state index in [1.54, 1.807) is 0 Å². The third-order valence-electron chi connectivity index (χ3n) is 1.73. The maximum atomic E-state index is 10.2. The van der Waals surface area contributed by atoms with Crippen LogP contribution >= 0.6 is 0 Å². The summed E-state index contributed by atoms with van der Waals surface area (Å²) in [4.78, 5) is 10.2. The first-order chi connectivity index (χ1) is 4.97. The predicted octanol–water partition coefficient (Wildman–Crippen LogP) is 1.12. The maximum absolute atomic E-state index is 10.2. The molecule has 3 nitrogen and oxygen atoms in total. The average molecular weight is 158 g/mol. The van der Waals surface area contributed by atoms with E-state index < -0.39 is 11.4 Å². The van der Waals surface area contributed by atoms with Gasteiger partial charge in [-0.25, -0.2) is 0 Å². The second kappa shape index (κ2) is 2.57. The molecule has 1 saturated heterocycles. The second-order valence-corrected chi connectivity index (χ2v) is 3.61. The third-order valence-corrected chi connectivity index (χ3v) is 1.73. The fourth-order valence-electron chi connectivity index (χ4n) is 1.26. The lowest BCUT2D eigenvalue weighted by Crippen LogP contribution is -2.31. The van der Waals surface area contributed by atoms with E-state index in [0.717, 1.165) is 6.29 Å². The van der Waals surface area contributed by atoms with Crippen LogP contribution in [0.4, 0.5) is 0 Å². The first kappa shape index (κ1) is 8.68. The van der Waals surface area contributed by atoms with Crippen LogP contribution in [-0.4, -0.2) is 24.3 Å². The highest BCUT2D eigenvalue weighted by molar-refractivity contribution is 5.51. The van der Waals surface area contributed by atoms with Crippen molar-refractivity contribution < 1.29 is 14.3 Å². The van der Waals surface area contributed by atoms with Gasteiger partial charge in [0.05, 0.1) is 12.2 Å². The lowest BCUT2D eigenvalue weighted by Gasteiger charge is -2.22. The first-order valence-corrected chi connectivity index (χ1v) is 3.75. The zero-order valence-corrected chi connectivity index (χ0v) is 7.22. The Bertz CT molecular complexity index is 165. The Balaban J connectivity index is 2.57. The molecular formula is C8H14O3. The normalized spacial score (nSPS) is 35.5. The van der Waals surface area contributed by atoms with Gasteiger partial charge >= 0.3 is 0 Å². The Morgan fingerprint density at radius 2 is 2.09 bits per heavy atom. The van der Waals surface area contributed by atoms with Crippen LogP contribution in [0.15, 0.2) is 0 Å². The van der Waals surface area contributed by atoms with Gasteiger partial charge in [0.1, 0.15) is 6.29 Å². The molecule has 0 aliphatic carbocycles. The fraction of sp³-hybridized carbons (Fsp3) is 0.875. The second-order valence-electron chi connectivity index (χ2n) is 3.61. The Kier molecular flexibility index (Phi) is 2.03. The molecule has 1 rings (SSSR count). The molecule has 0 radical (unpaired) electrons. The molecule has 1 atom stereocenters. The Labute approximate surface area is 66.7 Å². The SMILES string of the molecule is CC1(C)OC[C@](C)(CC=O)O1. The molecule has 1 heterocycles. The number of ether oxygens (including phenoxy) is 2. The molecule has 0 bridgehead atoms. The van der Waals surface area contributed by atoms with E-state index in [1.165, 1.54) is 0 Å². The number of carbonyl (C=O) groups excluding carboxylic acids is 1. The summed E-state index contributed by atoms with van der Waals surface area (Å²) in [6.07, 6.45) is 1.27. The number of hydrogen-bond donors (Lipinski definition) is 0. The van der Waals surface area contributed by atoms with Gasteiger partial charge in [-0.3, -0.25) is 0 Å². The first-order valence-electron chi connectivity index (χ1n) is 3.75. The zero-order chi connectivity index (χ0) is 8.54. The summed E-state index contributed by atoms with van der Waals surface area (Å²) in [6, 6.07) is 0. The van der Waals surface area contributed by atoms with E-state index in [2.05, 4.69) is 0 Å². The summed E-state index contributed by atoms with van der Waals surface area (Å²) >= 11 is 0. The van der Waals surface area contributed by atoms with Gasteiger partial charge < -0.3 is 14.3 Å². The summed E-state index contributed by atoms with van der Waals surface area (Å²) in [5, 5.41) is 0. The molecule has 1 aliphatic rings. The lowest BCUT2D eigenvalue weighted by molar-refractivity contribution is -0.159. The zero-order valence-electron chi connectivity index (χ0n) is 7.22. The number of rotatable bonds is 2. The van der Waals surface area contributed by atoms with Crippen LogP contribution < -0.4 is 0 Å². The Morgan fingerprint density at radius 1 is 1.45 bits per heavy atom. The number of carbonyl (C=O) groups is 1. The minimum absolute atomic E-state index is 0.399. The van der Waals surface area contributed by atoms with Gasteiger partial charge in [0.25, 0.3) is 0 Å². The van der Waals surface area contributed by atoms with Gasteiger partial charge in [0.2, 0.25) is 0 Å². The highest BCUT2D eigenvalue weighted by Crippen LogP contribution is 2.31. The van der Waals surface area contributed by atoms with E-state index in [-0.39, 0.29) is 0 Å². The van der Waals surface area contributed by atoms with Crippen LogP contribution in [0, 0.1) is 0 Å². The van der Waals surface area contributed by atoms with Gasteiger partial charge in [0.15, 0.2) is 5.79 Å². The molecule has 1 aliphatic heterocycles. The van der Waals surface area contributed by atoms with Crippen molar-refractivity contribution in [1.82, 2.24) is 0 Å². The van der Waals surface area contributed by atoms with Crippen molar-refractivity contribution in [3.63, 3.8) is 0 Å². The van der Waals surface area contributed by atoms with E-state index >= 15 is 0 Å². The summed E-state index contributed by atoms with van der Waals surface area (Å²) in [5.74, 6) is -0.530. The van der Waals surface area contributed by atoms with Crippen LogP contribution in [0.5, 0.6) is 0 Å². The van der Waals surface area contributed by atoms with Crippen molar-refractivity contribution in [3.8, 4) is 0 Å². The molecule has 0 N–H and O–H groups in total. The maximum Gasteiger partial charge on any atom is 0.163 e. The standard InChI is InChI=1S/C8H14O3/c1-7(2)10-6-8(3,11-7)4-5-9/h5H,4,6H2,1-3H3/t8-/m0/s1. The van der Waals surface area contributed by atoms with Crippen LogP contribution in [0.1, 0.15) is 27.2 Å². The van der Waals surface area contributed by atoms with E-state index in [4.69, 9.17) is 9.47 Å². The molecular weight excluding hydrogens is 144 g/mol. The van der Waals surface area contributed by atoms with Crippen molar-refractivity contribution in [3.05, 3.63) is 0 Å². The molecule has 0 saturated carbocycles. The van der Waals surface area contributed by atoms with Crippen molar-refractivity contribution in [2.24, 2.45) is 0 Å². The van der Waals surface area contributed by atoms with E-state index in [0.29, 0.717) is 13.0 Å². The number of aldehydes is 1. The smallest absolute Gasteiger partial charge is 0.163 e. The van der Waals surface area contributed by atoms with Crippen molar-refractivity contribution in [2.75, 3.05) is 6.61 Å². The van der Waals surface area contributed by atoms with Gasteiger partial charge in [-0.15, -0.1) is 0 Å². The highest BCUT2D eigenvalue weighted by Gasteiger charge is 2.41. The van der Waals surface area contributed by atoms with Crippen LogP contribution in [0.2, 0.25) is 0 Å². The van der Waals surface area contributed by atoms with Gasteiger partial charge in [-0.2, -0.15) is 0 Å². The summed E-state index contributed by atoms with van der Waals surface area (Å²) < 4.78 is 10.9. The molecule has 0 unspecified atom stereocenters. The Hall–Kier alpha value is -0.410. The quantitative estimate of drug-likeness (QED) is 0.565. The third kappa shape index (κ3) is 2.01. The molecule has 0 aromatic heterocycles. The molecule has 0 aromatic carbocycles. The molecule has 1 fully saturated rings. The Morgan fingerprint density at radius 3 is 2.45 bits per heavy atom. The van der Waals surface area contributed by atoms with Gasteiger partial charge in [0, 0.05) is 6.42 Å². The van der Waals surface area contributed by atoms with Crippen molar-refractivity contribution in [2.45, 2.75) is 38.6 Å². The predicted molar refractivity (Wildman–Crippen MR) is 40.2 cm³/mol. The molecule has 3 heteroatoms. The van der Waals surface area contributed by atoms with E-state index in [9.17, 15) is 4.79 Å². The summed E-state index contributed by atoms with van der Waals surface area (Å²) in [7, 11) is 0. The molecule has 0 amide bonds. The molecule has 0 spiro atoms. The van der Waals surface area contributed by atoms with E-state index in [1.807, 2.05) is 20.8 Å². The number of hydrogen-bond acceptors (Lipinski definition) is 3. The molecule has 11 heavy (non-hydrogen) atoms. The van der Waals surface area contributed by atoms with Gasteiger partial charge in [-0.05, 0) is 20.8 Å². The minimum Gasteiger partial charge on any atom is -0.347 e. The van der Waals surface area contributed by atoms with Crippen LogP contribution in [0.3, 0.4) is 0 Å². The fourth-order valence-corrected chi connectivity index (χ4v) is 1.26. The van der Waals surface area contributed by atoms with Crippen LogP contribution in [0.25, 0.3) is 0 Å². The molecule has 64 valence electrons. The topological polar surface area (TPSA) is 35.5 Å². The monoisotopic (exact) mass is 158 g/mol. The van der Waals surface area contributed by atoms with Gasteiger partial charge in [-0.1, -0.05) is 0 Å². The van der Waals surface area contributed by atoms with Crippen molar-refractivity contribution in [1.29, 1.82) is 0 Å². The highest BCUT2D eigenvalue weighted by atomic mass is 16.7. The minimum atomic E-state index is -0.530. The van der Waals surface area contributed by atoms with Crippen LogP contribution in [-0.2, 0) is 14.3 Å². The largest absolute Gasteiger partial charge is 0.347 e. The summed E-state index contributed by atoms with van der Waals surface area (Å²) in [5.41, 5.74) is -0.411.